The first-order valence-electron chi connectivity index (χ1n) is 4.44. The van der Waals surface area contributed by atoms with Crippen LogP contribution in [-0.2, 0) is 9.84 Å². The first-order valence-corrected chi connectivity index (χ1v) is 5.98. The molecule has 0 aromatic carbocycles. The van der Waals surface area contributed by atoms with Crippen LogP contribution in [0.4, 0.5) is 0 Å². The summed E-state index contributed by atoms with van der Waals surface area (Å²) in [7, 11) is -2.12. The lowest BCUT2D eigenvalue weighted by atomic mass is 10.3. The quantitative estimate of drug-likeness (QED) is 0.484. The van der Waals surface area contributed by atoms with Crippen molar-refractivity contribution in [3.05, 3.63) is 10.1 Å². The smallest absolute Gasteiger partial charge is 0.286 e. The lowest BCUT2D eigenvalue weighted by Gasteiger charge is -2.08. The Labute approximate surface area is 87.8 Å². The number of nitro groups is 1. The van der Waals surface area contributed by atoms with Crippen LogP contribution in [0.3, 0.4) is 0 Å². The molecule has 1 unspecified atom stereocenters. The van der Waals surface area contributed by atoms with Crippen LogP contribution >= 0.6 is 0 Å². The van der Waals surface area contributed by atoms with E-state index in [0.29, 0.717) is 0 Å². The van der Waals surface area contributed by atoms with Gasteiger partial charge in [-0.1, -0.05) is 0 Å². The van der Waals surface area contributed by atoms with Crippen LogP contribution in [0, 0.1) is 10.1 Å². The van der Waals surface area contributed by atoms with Crippen molar-refractivity contribution in [2.24, 2.45) is 5.10 Å². The van der Waals surface area contributed by atoms with Crippen LogP contribution < -0.4 is 0 Å². The molecule has 0 N–H and O–H groups in total. The summed E-state index contributed by atoms with van der Waals surface area (Å²) in [4.78, 5) is 10.1. The molecule has 1 atom stereocenters. The molecule has 1 aliphatic rings. The van der Waals surface area contributed by atoms with Gasteiger partial charge < -0.3 is 0 Å². The van der Waals surface area contributed by atoms with Crippen LogP contribution in [0.15, 0.2) is 5.10 Å². The standard InChI is InChI=1S/C7H13N3O4S/c1-5(2)15(13,14)7-6(10(11)12)4-9(3)8-7/h5-6H,4H2,1-3H3. The molecule has 0 aromatic heterocycles. The topological polar surface area (TPSA) is 92.9 Å². The zero-order chi connectivity index (χ0) is 11.8. The number of hydrogen-bond acceptors (Lipinski definition) is 6. The van der Waals surface area contributed by atoms with Crippen LogP contribution in [0.1, 0.15) is 13.8 Å². The van der Waals surface area contributed by atoms with Gasteiger partial charge in [0.15, 0.2) is 0 Å². The highest BCUT2D eigenvalue weighted by Gasteiger charge is 2.43. The summed E-state index contributed by atoms with van der Waals surface area (Å²) in [5.74, 6) is 0. The molecular weight excluding hydrogens is 222 g/mol. The van der Waals surface area contributed by atoms with Gasteiger partial charge in [0.25, 0.3) is 6.04 Å². The van der Waals surface area contributed by atoms with E-state index in [1.807, 2.05) is 0 Å². The third kappa shape index (κ3) is 2.09. The first-order chi connectivity index (χ1) is 6.76. The third-order valence-corrected chi connectivity index (χ3v) is 4.34. The second kappa shape index (κ2) is 3.76. The van der Waals surface area contributed by atoms with Gasteiger partial charge in [0.2, 0.25) is 14.9 Å². The molecule has 8 heteroatoms. The maximum Gasteiger partial charge on any atom is 0.286 e. The van der Waals surface area contributed by atoms with Gasteiger partial charge in [-0.3, -0.25) is 15.1 Å². The fourth-order valence-corrected chi connectivity index (χ4v) is 2.52. The summed E-state index contributed by atoms with van der Waals surface area (Å²) in [5.41, 5.74) is 0. The highest BCUT2D eigenvalue weighted by atomic mass is 32.2. The normalized spacial score (nSPS) is 22.0. The van der Waals surface area contributed by atoms with Crippen molar-refractivity contribution in [1.82, 2.24) is 5.01 Å². The van der Waals surface area contributed by atoms with E-state index >= 15 is 0 Å². The molecule has 0 amide bonds. The van der Waals surface area contributed by atoms with Gasteiger partial charge in [0.05, 0.1) is 5.25 Å². The number of likely N-dealkylation sites (N-methyl/N-ethyl adjacent to an activating group) is 1. The molecule has 1 rings (SSSR count). The van der Waals surface area contributed by atoms with Crippen LogP contribution in [0.5, 0.6) is 0 Å². The Hall–Kier alpha value is -1.18. The molecule has 0 radical (unpaired) electrons. The zero-order valence-electron chi connectivity index (χ0n) is 8.74. The Morgan fingerprint density at radius 1 is 1.60 bits per heavy atom. The summed E-state index contributed by atoms with van der Waals surface area (Å²) < 4.78 is 23.5. The average Bonchev–Trinajstić information content (AvgIpc) is 2.47. The summed E-state index contributed by atoms with van der Waals surface area (Å²) in [6, 6.07) is -1.23. The van der Waals surface area contributed by atoms with E-state index in [1.54, 1.807) is 0 Å². The van der Waals surface area contributed by atoms with Crippen molar-refractivity contribution >= 4 is 14.9 Å². The molecule has 86 valence electrons. The summed E-state index contributed by atoms with van der Waals surface area (Å²) in [6.45, 7) is 2.97. The van der Waals surface area contributed by atoms with Crippen molar-refractivity contribution in [2.75, 3.05) is 13.6 Å². The monoisotopic (exact) mass is 235 g/mol. The minimum Gasteiger partial charge on any atom is -0.291 e. The van der Waals surface area contributed by atoms with Gasteiger partial charge >= 0.3 is 0 Å². The molecule has 0 aromatic rings. The summed E-state index contributed by atoms with van der Waals surface area (Å²) in [5, 5.41) is 14.6. The van der Waals surface area contributed by atoms with Crippen molar-refractivity contribution in [2.45, 2.75) is 25.1 Å². The summed E-state index contributed by atoms with van der Waals surface area (Å²) in [6.07, 6.45) is 0. The van der Waals surface area contributed by atoms with Crippen LogP contribution in [-0.4, -0.2) is 48.3 Å². The number of nitrogens with zero attached hydrogens (tertiary/aromatic N) is 3. The van der Waals surface area contributed by atoms with Crippen molar-refractivity contribution in [1.29, 1.82) is 0 Å². The van der Waals surface area contributed by atoms with E-state index in [0.717, 1.165) is 0 Å². The SMILES string of the molecule is CC(C)S(=O)(=O)C1=NN(C)CC1[N+](=O)[O-]. The second-order valence-corrected chi connectivity index (χ2v) is 6.12. The molecule has 0 saturated heterocycles. The Bertz CT molecular complexity index is 400. The Morgan fingerprint density at radius 2 is 2.13 bits per heavy atom. The maximum absolute atomic E-state index is 11.7. The van der Waals surface area contributed by atoms with Crippen LogP contribution in [0.2, 0.25) is 0 Å². The summed E-state index contributed by atoms with van der Waals surface area (Å²) >= 11 is 0. The van der Waals surface area contributed by atoms with E-state index in [2.05, 4.69) is 5.10 Å². The molecular formula is C7H13N3O4S. The molecule has 0 aliphatic carbocycles. The number of hydrogen-bond donors (Lipinski definition) is 0. The van der Waals surface area contributed by atoms with Crippen LogP contribution in [0.25, 0.3) is 0 Å². The van der Waals surface area contributed by atoms with Crippen molar-refractivity contribution < 1.29 is 13.3 Å². The lowest BCUT2D eigenvalue weighted by molar-refractivity contribution is -0.500. The maximum atomic E-state index is 11.7. The van der Waals surface area contributed by atoms with Gasteiger partial charge in [0.1, 0.15) is 6.54 Å². The minimum absolute atomic E-state index is 0.00822. The Morgan fingerprint density at radius 3 is 2.53 bits per heavy atom. The fourth-order valence-electron chi connectivity index (χ4n) is 1.25. The highest BCUT2D eigenvalue weighted by molar-refractivity contribution is 8.07. The minimum atomic E-state index is -3.64. The Balaban J connectivity index is 3.13. The molecule has 1 aliphatic heterocycles. The largest absolute Gasteiger partial charge is 0.291 e. The molecule has 7 nitrogen and oxygen atoms in total. The van der Waals surface area contributed by atoms with Gasteiger partial charge in [-0.25, -0.2) is 8.42 Å². The van der Waals surface area contributed by atoms with Crippen molar-refractivity contribution in [3.8, 4) is 0 Å². The van der Waals surface area contributed by atoms with E-state index in [4.69, 9.17) is 0 Å². The highest BCUT2D eigenvalue weighted by Crippen LogP contribution is 2.16. The van der Waals surface area contributed by atoms with E-state index in [1.165, 1.54) is 25.9 Å². The van der Waals surface area contributed by atoms with E-state index in [9.17, 15) is 18.5 Å². The lowest BCUT2D eigenvalue weighted by Crippen LogP contribution is -2.38. The molecule has 1 heterocycles. The third-order valence-electron chi connectivity index (χ3n) is 2.16. The van der Waals surface area contributed by atoms with Gasteiger partial charge in [-0.05, 0) is 13.8 Å². The number of hydrazone groups is 1. The van der Waals surface area contributed by atoms with Gasteiger partial charge in [0, 0.05) is 12.0 Å². The fraction of sp³-hybridized carbons (Fsp3) is 0.857. The van der Waals surface area contributed by atoms with Gasteiger partial charge in [-0.15, -0.1) is 0 Å². The number of rotatable bonds is 2. The number of sulfone groups is 1. The first kappa shape index (κ1) is 11.9. The molecule has 0 spiro atoms. The Kier molecular flexibility index (Phi) is 2.98. The average molecular weight is 235 g/mol. The zero-order valence-corrected chi connectivity index (χ0v) is 9.56. The van der Waals surface area contributed by atoms with E-state index < -0.39 is 26.1 Å². The van der Waals surface area contributed by atoms with E-state index in [-0.39, 0.29) is 11.6 Å². The predicted octanol–water partition coefficient (Wildman–Crippen LogP) is -0.286. The van der Waals surface area contributed by atoms with Gasteiger partial charge in [-0.2, -0.15) is 5.10 Å². The molecule has 0 bridgehead atoms. The predicted molar refractivity (Wildman–Crippen MR) is 54.9 cm³/mol. The second-order valence-electron chi connectivity index (χ2n) is 3.67. The van der Waals surface area contributed by atoms with Crippen molar-refractivity contribution in [3.63, 3.8) is 0 Å². The molecule has 15 heavy (non-hydrogen) atoms. The molecule has 0 fully saturated rings. The molecule has 0 saturated carbocycles.